The summed E-state index contributed by atoms with van der Waals surface area (Å²) in [5.41, 5.74) is 0.708. The minimum Gasteiger partial charge on any atom is -0.439 e. The van der Waals surface area contributed by atoms with Crippen LogP contribution in [-0.2, 0) is 9.84 Å². The number of hydrogen-bond donors (Lipinski definition) is 0. The molecule has 0 fully saturated rings. The third kappa shape index (κ3) is 3.72. The lowest BCUT2D eigenvalue weighted by atomic mass is 10.1. The van der Waals surface area contributed by atoms with Gasteiger partial charge in [0.05, 0.1) is 4.90 Å². The van der Waals surface area contributed by atoms with Crippen LogP contribution in [0.15, 0.2) is 93.3 Å². The molecular weight excluding hydrogens is 422 g/mol. The Morgan fingerprint density at radius 1 is 0.933 bits per heavy atom. The molecule has 4 aromatic rings. The fourth-order valence-electron chi connectivity index (χ4n) is 3.23. The summed E-state index contributed by atoms with van der Waals surface area (Å²) >= 11 is 5.83. The van der Waals surface area contributed by atoms with Gasteiger partial charge in [-0.15, -0.1) is 0 Å². The van der Waals surface area contributed by atoms with E-state index in [0.717, 1.165) is 10.8 Å². The molecule has 0 saturated carbocycles. The normalized spacial score (nSPS) is 11.5. The van der Waals surface area contributed by atoms with Crippen LogP contribution in [0, 0.1) is 0 Å². The molecule has 152 valence electrons. The molecule has 4 rings (SSSR count). The lowest BCUT2D eigenvalue weighted by molar-refractivity contribution is 0.0956. The zero-order chi connectivity index (χ0) is 21.3. The largest absolute Gasteiger partial charge is 0.439 e. The molecule has 30 heavy (non-hydrogen) atoms. The predicted molar refractivity (Wildman–Crippen MR) is 117 cm³/mol. The van der Waals surface area contributed by atoms with Crippen molar-refractivity contribution in [3.8, 4) is 0 Å². The van der Waals surface area contributed by atoms with Gasteiger partial charge in [-0.2, -0.15) is 0 Å². The molecule has 1 amide bonds. The van der Waals surface area contributed by atoms with Crippen molar-refractivity contribution in [1.29, 1.82) is 0 Å². The van der Waals surface area contributed by atoms with Gasteiger partial charge >= 0.3 is 0 Å². The summed E-state index contributed by atoms with van der Waals surface area (Å²) in [6, 6.07) is 22.0. The second-order valence-electron chi connectivity index (χ2n) is 6.66. The van der Waals surface area contributed by atoms with Crippen LogP contribution in [-0.4, -0.2) is 20.9 Å². The highest BCUT2D eigenvalue weighted by atomic mass is 35.5. The molecule has 5 nitrogen and oxygen atoms in total. The molecule has 0 N–H and O–H groups in total. The maximum atomic E-state index is 13.1. The Kier molecular flexibility index (Phi) is 5.37. The van der Waals surface area contributed by atoms with Crippen molar-refractivity contribution < 1.29 is 17.6 Å². The molecule has 0 bridgehead atoms. The van der Waals surface area contributed by atoms with E-state index in [1.807, 2.05) is 49.4 Å². The van der Waals surface area contributed by atoms with Crippen LogP contribution in [0.1, 0.15) is 17.5 Å². The van der Waals surface area contributed by atoms with E-state index in [1.165, 1.54) is 36.4 Å². The Labute approximate surface area is 179 Å². The van der Waals surface area contributed by atoms with Crippen LogP contribution in [0.25, 0.3) is 10.8 Å². The summed E-state index contributed by atoms with van der Waals surface area (Å²) < 4.78 is 31.0. The standard InChI is InChI=1S/C23H18ClNO4S/c1-2-25(19-10-7-16-5-3-4-6-17(16)15-19)23(26)21-13-14-22(29-21)30(27,28)20-11-8-18(24)9-12-20/h3-15H,2H2,1H3. The van der Waals surface area contributed by atoms with Crippen molar-refractivity contribution >= 4 is 43.8 Å². The van der Waals surface area contributed by atoms with Gasteiger partial charge in [-0.1, -0.05) is 41.9 Å². The van der Waals surface area contributed by atoms with Gasteiger partial charge in [-0.25, -0.2) is 8.42 Å². The minimum atomic E-state index is -3.89. The summed E-state index contributed by atoms with van der Waals surface area (Å²) in [5, 5.41) is 2.21. The number of halogens is 1. The van der Waals surface area contributed by atoms with Gasteiger partial charge < -0.3 is 9.32 Å². The van der Waals surface area contributed by atoms with E-state index in [4.69, 9.17) is 16.0 Å². The minimum absolute atomic E-state index is 0.0436. The third-order valence-electron chi connectivity index (χ3n) is 4.79. The molecule has 0 radical (unpaired) electrons. The van der Waals surface area contributed by atoms with Crippen molar-refractivity contribution in [2.24, 2.45) is 0 Å². The number of hydrogen-bond acceptors (Lipinski definition) is 4. The van der Waals surface area contributed by atoms with Gasteiger partial charge in [0.2, 0.25) is 14.9 Å². The van der Waals surface area contributed by atoms with Crippen molar-refractivity contribution in [2.75, 3.05) is 11.4 Å². The molecular formula is C23H18ClNO4S. The quantitative estimate of drug-likeness (QED) is 0.406. The van der Waals surface area contributed by atoms with Crippen molar-refractivity contribution in [2.45, 2.75) is 16.9 Å². The lowest BCUT2D eigenvalue weighted by Gasteiger charge is -2.20. The molecule has 0 aliphatic carbocycles. The van der Waals surface area contributed by atoms with Gasteiger partial charge in [0.15, 0.2) is 5.76 Å². The monoisotopic (exact) mass is 439 g/mol. The first-order valence-corrected chi connectivity index (χ1v) is 11.2. The number of anilines is 1. The molecule has 3 aromatic carbocycles. The number of amides is 1. The number of benzene rings is 3. The Bertz CT molecular complexity index is 1330. The molecule has 0 atom stereocenters. The van der Waals surface area contributed by atoms with Crippen LogP contribution < -0.4 is 4.90 Å². The SMILES string of the molecule is CCN(C(=O)c1ccc(S(=O)(=O)c2ccc(Cl)cc2)o1)c1ccc2ccccc2c1. The van der Waals surface area contributed by atoms with Crippen LogP contribution in [0.2, 0.25) is 5.02 Å². The van der Waals surface area contributed by atoms with Crippen LogP contribution in [0.4, 0.5) is 5.69 Å². The summed E-state index contributed by atoms with van der Waals surface area (Å²) in [6.07, 6.45) is 0. The zero-order valence-corrected chi connectivity index (χ0v) is 17.7. The molecule has 0 spiro atoms. The first kappa shape index (κ1) is 20.2. The van der Waals surface area contributed by atoms with Gasteiger partial charge in [0.1, 0.15) is 0 Å². The van der Waals surface area contributed by atoms with Crippen molar-refractivity contribution in [3.63, 3.8) is 0 Å². The van der Waals surface area contributed by atoms with E-state index in [0.29, 0.717) is 17.3 Å². The molecule has 7 heteroatoms. The highest BCUT2D eigenvalue weighted by Crippen LogP contribution is 2.27. The number of carbonyl (C=O) groups is 1. The number of sulfone groups is 1. The summed E-state index contributed by atoms with van der Waals surface area (Å²) in [5.74, 6) is -0.456. The van der Waals surface area contributed by atoms with Gasteiger partial charge in [0, 0.05) is 17.3 Å². The topological polar surface area (TPSA) is 67.6 Å². The van der Waals surface area contributed by atoms with E-state index in [9.17, 15) is 13.2 Å². The first-order valence-electron chi connectivity index (χ1n) is 9.31. The number of fused-ring (bicyclic) bond motifs is 1. The number of nitrogens with zero attached hydrogens (tertiary/aromatic N) is 1. The fourth-order valence-corrected chi connectivity index (χ4v) is 4.53. The van der Waals surface area contributed by atoms with E-state index in [-0.39, 0.29) is 15.7 Å². The number of carbonyl (C=O) groups excluding carboxylic acids is 1. The van der Waals surface area contributed by atoms with Gasteiger partial charge in [-0.05, 0) is 66.2 Å². The maximum absolute atomic E-state index is 13.1. The van der Waals surface area contributed by atoms with E-state index in [2.05, 4.69) is 0 Å². The lowest BCUT2D eigenvalue weighted by Crippen LogP contribution is -2.30. The van der Waals surface area contributed by atoms with Crippen LogP contribution in [0.5, 0.6) is 0 Å². The number of rotatable bonds is 5. The van der Waals surface area contributed by atoms with Crippen LogP contribution >= 0.6 is 11.6 Å². The molecule has 0 unspecified atom stereocenters. The Balaban J connectivity index is 1.65. The highest BCUT2D eigenvalue weighted by Gasteiger charge is 2.26. The van der Waals surface area contributed by atoms with E-state index < -0.39 is 15.7 Å². The Hall–Kier alpha value is -3.09. The maximum Gasteiger partial charge on any atom is 0.294 e. The third-order valence-corrected chi connectivity index (χ3v) is 6.68. The van der Waals surface area contributed by atoms with Gasteiger partial charge in [-0.3, -0.25) is 4.79 Å². The Morgan fingerprint density at radius 3 is 2.33 bits per heavy atom. The van der Waals surface area contributed by atoms with Crippen molar-refractivity contribution in [3.05, 3.63) is 89.6 Å². The molecule has 0 aliphatic rings. The molecule has 0 aliphatic heterocycles. The van der Waals surface area contributed by atoms with Crippen LogP contribution in [0.3, 0.4) is 0 Å². The first-order chi connectivity index (χ1) is 14.4. The Morgan fingerprint density at radius 2 is 1.63 bits per heavy atom. The fraction of sp³-hybridized carbons (Fsp3) is 0.0870. The van der Waals surface area contributed by atoms with Crippen molar-refractivity contribution in [1.82, 2.24) is 0 Å². The van der Waals surface area contributed by atoms with E-state index >= 15 is 0 Å². The molecule has 0 saturated heterocycles. The highest BCUT2D eigenvalue weighted by molar-refractivity contribution is 7.91. The van der Waals surface area contributed by atoms with E-state index in [1.54, 1.807) is 4.90 Å². The average Bonchev–Trinajstić information content (AvgIpc) is 3.26. The predicted octanol–water partition coefficient (Wildman–Crippen LogP) is 5.59. The second-order valence-corrected chi connectivity index (χ2v) is 8.97. The summed E-state index contributed by atoms with van der Waals surface area (Å²) in [6.45, 7) is 2.25. The summed E-state index contributed by atoms with van der Waals surface area (Å²) in [7, 11) is -3.89. The molecule has 1 aromatic heterocycles. The van der Waals surface area contributed by atoms with Gasteiger partial charge in [0.25, 0.3) is 5.91 Å². The molecule has 1 heterocycles. The summed E-state index contributed by atoms with van der Waals surface area (Å²) in [4.78, 5) is 14.6. The second kappa shape index (κ2) is 7.97. The zero-order valence-electron chi connectivity index (χ0n) is 16.1. The smallest absolute Gasteiger partial charge is 0.294 e. The number of furan rings is 1. The average molecular weight is 440 g/mol.